The molecule has 2 rings (SSSR count). The maximum absolute atomic E-state index is 11.4. The van der Waals surface area contributed by atoms with Crippen LogP contribution in [0.25, 0.3) is 0 Å². The summed E-state index contributed by atoms with van der Waals surface area (Å²) in [6.45, 7) is 0.780. The molecule has 5 N–H and O–H groups in total. The molecule has 0 saturated heterocycles. The average Bonchev–Trinajstić information content (AvgIpc) is 2.93. The second-order valence-corrected chi connectivity index (χ2v) is 6.09. The minimum Gasteiger partial charge on any atom is -0.382 e. The first-order valence-electron chi connectivity index (χ1n) is 6.42. The molecule has 1 aromatic heterocycles. The van der Waals surface area contributed by atoms with E-state index < -0.39 is 5.91 Å². The number of hydrogen-bond donors (Lipinski definition) is 3. The van der Waals surface area contributed by atoms with Crippen molar-refractivity contribution < 1.29 is 4.79 Å². The first-order chi connectivity index (χ1) is 8.96. The van der Waals surface area contributed by atoms with Crippen molar-refractivity contribution >= 4 is 28.3 Å². The van der Waals surface area contributed by atoms with Crippen LogP contribution in [0.2, 0.25) is 0 Å². The normalized spacial score (nSPS) is 17.8. The van der Waals surface area contributed by atoms with Gasteiger partial charge in [0.15, 0.2) is 5.82 Å². The van der Waals surface area contributed by atoms with Crippen LogP contribution >= 0.6 is 11.5 Å². The number of nitrogens with two attached hydrogens (primary N) is 2. The first-order valence-corrected chi connectivity index (χ1v) is 7.20. The lowest BCUT2D eigenvalue weighted by Gasteiger charge is -2.36. The van der Waals surface area contributed by atoms with Crippen molar-refractivity contribution in [1.82, 2.24) is 9.27 Å². The van der Waals surface area contributed by atoms with Crippen LogP contribution in [0.3, 0.4) is 0 Å². The summed E-state index contributed by atoms with van der Waals surface area (Å²) in [6.07, 6.45) is 4.81. The highest BCUT2D eigenvalue weighted by atomic mass is 32.1. The summed E-state index contributed by atoms with van der Waals surface area (Å²) >= 11 is 1.19. The Bertz CT molecular complexity index is 465. The van der Waals surface area contributed by atoms with E-state index in [-0.39, 0.29) is 11.4 Å². The highest BCUT2D eigenvalue weighted by Gasteiger charge is 2.36. The highest BCUT2D eigenvalue weighted by Crippen LogP contribution is 2.35. The summed E-state index contributed by atoms with van der Waals surface area (Å²) in [5.74, 6) is -0.315. The summed E-state index contributed by atoms with van der Waals surface area (Å²) in [6, 6.07) is 0. The molecule has 1 aromatic rings. The number of aromatic nitrogens is 1. The van der Waals surface area contributed by atoms with Crippen molar-refractivity contribution in [1.29, 1.82) is 0 Å². The predicted octanol–water partition coefficient (Wildman–Crippen LogP) is 1.11. The summed E-state index contributed by atoms with van der Waals surface area (Å²) in [5.41, 5.74) is 11.5. The number of amides is 1. The second-order valence-electron chi connectivity index (χ2n) is 5.32. The standard InChI is InChI=1S/C12H21N5OS/c1-17(2)12(5-3-4-6-12)7-15-11-8(10(14)18)9(13)16-19-11/h15H,3-7H2,1-2H3,(H2,13,16)(H2,14,18). The van der Waals surface area contributed by atoms with Gasteiger partial charge in [0.05, 0.1) is 0 Å². The Morgan fingerprint density at radius 3 is 2.63 bits per heavy atom. The topological polar surface area (TPSA) is 97.3 Å². The van der Waals surface area contributed by atoms with Gasteiger partial charge in [-0.2, -0.15) is 4.37 Å². The van der Waals surface area contributed by atoms with Crippen LogP contribution in [0.4, 0.5) is 10.8 Å². The molecule has 1 heterocycles. The lowest BCUT2D eigenvalue weighted by molar-refractivity contribution is 0.100. The fraction of sp³-hybridized carbons (Fsp3) is 0.667. The van der Waals surface area contributed by atoms with Crippen LogP contribution in [0, 0.1) is 0 Å². The molecule has 0 atom stereocenters. The first kappa shape index (κ1) is 14.1. The Kier molecular flexibility index (Phi) is 3.96. The van der Waals surface area contributed by atoms with Gasteiger partial charge in [-0.05, 0) is 38.5 Å². The second kappa shape index (κ2) is 5.34. The number of nitrogens with zero attached hydrogens (tertiary/aromatic N) is 2. The van der Waals surface area contributed by atoms with Gasteiger partial charge in [-0.15, -0.1) is 0 Å². The monoisotopic (exact) mass is 283 g/mol. The maximum atomic E-state index is 11.4. The van der Waals surface area contributed by atoms with Crippen LogP contribution in [0.1, 0.15) is 36.0 Å². The van der Waals surface area contributed by atoms with E-state index >= 15 is 0 Å². The molecule has 1 fully saturated rings. The zero-order valence-corrected chi connectivity index (χ0v) is 12.2. The van der Waals surface area contributed by atoms with Crippen molar-refractivity contribution in [2.75, 3.05) is 31.7 Å². The SMILES string of the molecule is CN(C)C1(CNc2snc(N)c2C(N)=O)CCCC1. The van der Waals surface area contributed by atoms with E-state index in [2.05, 4.69) is 28.7 Å². The number of carbonyl (C=O) groups is 1. The van der Waals surface area contributed by atoms with E-state index in [0.29, 0.717) is 10.6 Å². The van der Waals surface area contributed by atoms with Gasteiger partial charge in [0.2, 0.25) is 0 Å². The zero-order valence-electron chi connectivity index (χ0n) is 11.4. The molecular weight excluding hydrogens is 262 g/mol. The highest BCUT2D eigenvalue weighted by molar-refractivity contribution is 7.11. The van der Waals surface area contributed by atoms with E-state index in [9.17, 15) is 4.79 Å². The number of primary amides is 1. The Labute approximate surface area is 117 Å². The summed E-state index contributed by atoms with van der Waals surface area (Å²) in [4.78, 5) is 13.6. The van der Waals surface area contributed by atoms with Crippen molar-refractivity contribution in [3.63, 3.8) is 0 Å². The van der Waals surface area contributed by atoms with E-state index in [0.717, 1.165) is 19.4 Å². The molecule has 19 heavy (non-hydrogen) atoms. The Hall–Kier alpha value is -1.34. The minimum absolute atomic E-state index is 0.146. The van der Waals surface area contributed by atoms with Crippen molar-refractivity contribution in [3.05, 3.63) is 5.56 Å². The number of likely N-dealkylation sites (N-methyl/N-ethyl adjacent to an activating group) is 1. The van der Waals surface area contributed by atoms with Crippen LogP contribution in [-0.4, -0.2) is 41.4 Å². The van der Waals surface area contributed by atoms with E-state index in [4.69, 9.17) is 11.5 Å². The van der Waals surface area contributed by atoms with Crippen LogP contribution < -0.4 is 16.8 Å². The molecule has 106 valence electrons. The smallest absolute Gasteiger partial charge is 0.255 e. The van der Waals surface area contributed by atoms with Crippen LogP contribution in [0.15, 0.2) is 0 Å². The van der Waals surface area contributed by atoms with E-state index in [1.54, 1.807) is 0 Å². The Morgan fingerprint density at radius 2 is 2.11 bits per heavy atom. The van der Waals surface area contributed by atoms with E-state index in [1.165, 1.54) is 24.4 Å². The maximum Gasteiger partial charge on any atom is 0.255 e. The molecule has 0 radical (unpaired) electrons. The van der Waals surface area contributed by atoms with Gasteiger partial charge in [-0.3, -0.25) is 4.79 Å². The van der Waals surface area contributed by atoms with Crippen LogP contribution in [0.5, 0.6) is 0 Å². The Balaban J connectivity index is 2.12. The molecule has 0 aromatic carbocycles. The molecule has 0 bridgehead atoms. The van der Waals surface area contributed by atoms with Crippen molar-refractivity contribution in [2.45, 2.75) is 31.2 Å². The fourth-order valence-electron chi connectivity index (χ4n) is 2.72. The largest absolute Gasteiger partial charge is 0.382 e. The number of anilines is 2. The molecule has 0 spiro atoms. The number of carbonyl (C=O) groups excluding carboxylic acids is 1. The lowest BCUT2D eigenvalue weighted by Crippen LogP contribution is -2.47. The van der Waals surface area contributed by atoms with Gasteiger partial charge in [-0.1, -0.05) is 12.8 Å². The Morgan fingerprint density at radius 1 is 1.47 bits per heavy atom. The average molecular weight is 283 g/mol. The number of nitrogen functional groups attached to an aromatic ring is 1. The lowest BCUT2D eigenvalue weighted by atomic mass is 9.96. The van der Waals surface area contributed by atoms with E-state index in [1.807, 2.05) is 0 Å². The van der Waals surface area contributed by atoms with Gasteiger partial charge in [0.25, 0.3) is 5.91 Å². The number of nitrogens with one attached hydrogen (secondary N) is 1. The third-order valence-electron chi connectivity index (χ3n) is 4.03. The van der Waals surface area contributed by atoms with Gasteiger partial charge in [0, 0.05) is 12.1 Å². The molecule has 1 amide bonds. The third kappa shape index (κ3) is 2.66. The number of rotatable bonds is 5. The van der Waals surface area contributed by atoms with Gasteiger partial charge >= 0.3 is 0 Å². The molecule has 0 aliphatic heterocycles. The number of hydrogen-bond acceptors (Lipinski definition) is 6. The van der Waals surface area contributed by atoms with Crippen molar-refractivity contribution in [3.8, 4) is 0 Å². The molecule has 7 heteroatoms. The predicted molar refractivity (Wildman–Crippen MR) is 78.4 cm³/mol. The fourth-order valence-corrected chi connectivity index (χ4v) is 3.44. The third-order valence-corrected chi connectivity index (χ3v) is 4.84. The van der Waals surface area contributed by atoms with Crippen LogP contribution in [-0.2, 0) is 0 Å². The zero-order chi connectivity index (χ0) is 14.0. The van der Waals surface area contributed by atoms with Gasteiger partial charge in [0.1, 0.15) is 10.6 Å². The molecule has 0 unspecified atom stereocenters. The molecule has 1 saturated carbocycles. The van der Waals surface area contributed by atoms with Gasteiger partial charge in [-0.25, -0.2) is 0 Å². The molecular formula is C12H21N5OS. The van der Waals surface area contributed by atoms with Gasteiger partial charge < -0.3 is 21.7 Å². The quantitative estimate of drug-likeness (QED) is 0.752. The molecule has 1 aliphatic rings. The molecule has 6 nitrogen and oxygen atoms in total. The summed E-state index contributed by atoms with van der Waals surface area (Å²) in [7, 11) is 4.20. The summed E-state index contributed by atoms with van der Waals surface area (Å²) in [5, 5.41) is 3.99. The summed E-state index contributed by atoms with van der Waals surface area (Å²) < 4.78 is 3.99. The molecule has 1 aliphatic carbocycles. The van der Waals surface area contributed by atoms with Crippen molar-refractivity contribution in [2.24, 2.45) is 5.73 Å². The minimum atomic E-state index is -0.529.